The van der Waals surface area contributed by atoms with Crippen LogP contribution < -0.4 is 4.74 Å². The zero-order valence-electron chi connectivity index (χ0n) is 10.7. The van der Waals surface area contributed by atoms with Crippen LogP contribution in [0.1, 0.15) is 11.1 Å². The van der Waals surface area contributed by atoms with Crippen molar-refractivity contribution in [2.45, 2.75) is 6.61 Å². The summed E-state index contributed by atoms with van der Waals surface area (Å²) in [4.78, 5) is 10.4. The predicted octanol–water partition coefficient (Wildman–Crippen LogP) is 3.07. The van der Waals surface area contributed by atoms with Crippen LogP contribution in [0, 0.1) is 0 Å². The van der Waals surface area contributed by atoms with Gasteiger partial charge in [0.05, 0.1) is 0 Å². The molecule has 0 radical (unpaired) electrons. The Hall–Kier alpha value is -2.75. The van der Waals surface area contributed by atoms with Crippen LogP contribution in [0.2, 0.25) is 0 Å². The van der Waals surface area contributed by atoms with E-state index in [4.69, 9.17) is 9.84 Å². The molecule has 2 N–H and O–H groups in total. The molecule has 4 heteroatoms. The Morgan fingerprint density at radius 1 is 1.15 bits per heavy atom. The fraction of sp³-hybridized carbons (Fsp3) is 0.0625. The standard InChI is InChI=1S/C16H14O4/c17-15-10-14(8-6-13(15)7-9-16(18)19)20-11-12-4-2-1-3-5-12/h1-10,17H,11H2,(H,18,19). The van der Waals surface area contributed by atoms with Crippen molar-refractivity contribution in [2.75, 3.05) is 0 Å². The van der Waals surface area contributed by atoms with Gasteiger partial charge < -0.3 is 14.9 Å². The maximum atomic E-state index is 10.4. The Labute approximate surface area is 116 Å². The van der Waals surface area contributed by atoms with Crippen molar-refractivity contribution < 1.29 is 19.7 Å². The molecule has 0 amide bonds. The van der Waals surface area contributed by atoms with Gasteiger partial charge in [-0.25, -0.2) is 4.79 Å². The van der Waals surface area contributed by atoms with Crippen LogP contribution in [0.3, 0.4) is 0 Å². The van der Waals surface area contributed by atoms with Gasteiger partial charge in [0, 0.05) is 17.7 Å². The van der Waals surface area contributed by atoms with Crippen LogP contribution in [-0.2, 0) is 11.4 Å². The normalized spacial score (nSPS) is 10.6. The topological polar surface area (TPSA) is 66.8 Å². The zero-order valence-corrected chi connectivity index (χ0v) is 10.7. The maximum Gasteiger partial charge on any atom is 0.328 e. The van der Waals surface area contributed by atoms with Crippen molar-refractivity contribution in [3.8, 4) is 11.5 Å². The summed E-state index contributed by atoms with van der Waals surface area (Å²) in [5.74, 6) is -0.555. The van der Waals surface area contributed by atoms with E-state index in [0.29, 0.717) is 17.9 Å². The Morgan fingerprint density at radius 2 is 1.90 bits per heavy atom. The first-order chi connectivity index (χ1) is 9.65. The number of aromatic hydroxyl groups is 1. The van der Waals surface area contributed by atoms with Crippen molar-refractivity contribution in [3.63, 3.8) is 0 Å². The second-order valence-electron chi connectivity index (χ2n) is 4.17. The largest absolute Gasteiger partial charge is 0.507 e. The fourth-order valence-electron chi connectivity index (χ4n) is 1.66. The lowest BCUT2D eigenvalue weighted by atomic mass is 10.2. The molecule has 0 saturated heterocycles. The summed E-state index contributed by atoms with van der Waals surface area (Å²) in [5.41, 5.74) is 1.46. The molecule has 20 heavy (non-hydrogen) atoms. The average molecular weight is 270 g/mol. The highest BCUT2D eigenvalue weighted by Crippen LogP contribution is 2.25. The van der Waals surface area contributed by atoms with E-state index in [2.05, 4.69) is 0 Å². The number of hydrogen-bond donors (Lipinski definition) is 2. The minimum Gasteiger partial charge on any atom is -0.507 e. The van der Waals surface area contributed by atoms with Gasteiger partial charge >= 0.3 is 5.97 Å². The van der Waals surface area contributed by atoms with Gasteiger partial charge in [0.15, 0.2) is 0 Å². The molecule has 0 aromatic heterocycles. The number of phenols is 1. The number of rotatable bonds is 5. The fourth-order valence-corrected chi connectivity index (χ4v) is 1.66. The first-order valence-electron chi connectivity index (χ1n) is 6.06. The highest BCUT2D eigenvalue weighted by atomic mass is 16.5. The van der Waals surface area contributed by atoms with E-state index in [9.17, 15) is 9.90 Å². The number of phenolic OH excluding ortho intramolecular Hbond substituents is 1. The Bertz CT molecular complexity index is 618. The molecule has 0 bridgehead atoms. The summed E-state index contributed by atoms with van der Waals surface area (Å²) in [6.07, 6.45) is 2.30. The highest BCUT2D eigenvalue weighted by Gasteiger charge is 2.02. The van der Waals surface area contributed by atoms with Gasteiger partial charge in [0.25, 0.3) is 0 Å². The van der Waals surface area contributed by atoms with E-state index in [-0.39, 0.29) is 5.75 Å². The molecular weight excluding hydrogens is 256 g/mol. The molecular formula is C16H14O4. The maximum absolute atomic E-state index is 10.4. The number of carboxylic acid groups (broad SMARTS) is 1. The SMILES string of the molecule is O=C(O)C=Cc1ccc(OCc2ccccc2)cc1O. The van der Waals surface area contributed by atoms with Gasteiger partial charge in [0.2, 0.25) is 0 Å². The summed E-state index contributed by atoms with van der Waals surface area (Å²) in [6, 6.07) is 14.4. The highest BCUT2D eigenvalue weighted by molar-refractivity contribution is 5.85. The molecule has 2 aromatic carbocycles. The first kappa shape index (κ1) is 13.7. The smallest absolute Gasteiger partial charge is 0.328 e. The molecule has 0 unspecified atom stereocenters. The number of aliphatic carboxylic acids is 1. The molecule has 0 spiro atoms. The molecule has 102 valence electrons. The second-order valence-corrected chi connectivity index (χ2v) is 4.17. The third kappa shape index (κ3) is 3.88. The third-order valence-electron chi connectivity index (χ3n) is 2.66. The lowest BCUT2D eigenvalue weighted by Crippen LogP contribution is -1.95. The second kappa shape index (κ2) is 6.43. The van der Waals surface area contributed by atoms with Gasteiger partial charge in [-0.2, -0.15) is 0 Å². The van der Waals surface area contributed by atoms with Crippen molar-refractivity contribution in [1.82, 2.24) is 0 Å². The molecule has 4 nitrogen and oxygen atoms in total. The minimum absolute atomic E-state index is 0.0203. The van der Waals surface area contributed by atoms with Gasteiger partial charge in [-0.15, -0.1) is 0 Å². The number of benzene rings is 2. The third-order valence-corrected chi connectivity index (χ3v) is 2.66. The lowest BCUT2D eigenvalue weighted by molar-refractivity contribution is -0.131. The molecule has 0 aliphatic heterocycles. The molecule has 0 saturated carbocycles. The summed E-state index contributed by atoms with van der Waals surface area (Å²) < 4.78 is 5.55. The summed E-state index contributed by atoms with van der Waals surface area (Å²) in [5, 5.41) is 18.3. The van der Waals surface area contributed by atoms with Crippen LogP contribution in [0.25, 0.3) is 6.08 Å². The number of carbonyl (C=O) groups is 1. The van der Waals surface area contributed by atoms with Crippen molar-refractivity contribution in [1.29, 1.82) is 0 Å². The van der Waals surface area contributed by atoms with Gasteiger partial charge in [-0.3, -0.25) is 0 Å². The Balaban J connectivity index is 2.04. The van der Waals surface area contributed by atoms with Crippen molar-refractivity contribution in [2.24, 2.45) is 0 Å². The average Bonchev–Trinajstić information content (AvgIpc) is 2.45. The van der Waals surface area contributed by atoms with Crippen LogP contribution >= 0.6 is 0 Å². The van der Waals surface area contributed by atoms with Crippen LogP contribution in [0.15, 0.2) is 54.6 Å². The van der Waals surface area contributed by atoms with Gasteiger partial charge in [0.1, 0.15) is 18.1 Å². The van der Waals surface area contributed by atoms with Gasteiger partial charge in [-0.05, 0) is 23.8 Å². The predicted molar refractivity (Wildman–Crippen MR) is 75.6 cm³/mol. The molecule has 0 aliphatic carbocycles. The minimum atomic E-state index is -1.06. The molecule has 0 heterocycles. The Kier molecular flexibility index (Phi) is 4.39. The Morgan fingerprint density at radius 3 is 2.55 bits per heavy atom. The summed E-state index contributed by atoms with van der Waals surface area (Å²) >= 11 is 0. The number of hydrogen-bond acceptors (Lipinski definition) is 3. The molecule has 0 aliphatic rings. The zero-order chi connectivity index (χ0) is 14.4. The van der Waals surface area contributed by atoms with Crippen LogP contribution in [0.5, 0.6) is 11.5 Å². The molecule has 2 aromatic rings. The van der Waals surface area contributed by atoms with E-state index >= 15 is 0 Å². The van der Waals surface area contributed by atoms with Crippen LogP contribution in [0.4, 0.5) is 0 Å². The van der Waals surface area contributed by atoms with E-state index in [1.807, 2.05) is 30.3 Å². The van der Waals surface area contributed by atoms with E-state index in [0.717, 1.165) is 11.6 Å². The monoisotopic (exact) mass is 270 g/mol. The molecule has 2 rings (SSSR count). The number of ether oxygens (including phenoxy) is 1. The van der Waals surface area contributed by atoms with E-state index < -0.39 is 5.97 Å². The summed E-state index contributed by atoms with van der Waals surface area (Å²) in [6.45, 7) is 0.407. The molecule has 0 atom stereocenters. The van der Waals surface area contributed by atoms with Crippen LogP contribution in [-0.4, -0.2) is 16.2 Å². The summed E-state index contributed by atoms with van der Waals surface area (Å²) in [7, 11) is 0. The number of carboxylic acids is 1. The van der Waals surface area contributed by atoms with E-state index in [1.54, 1.807) is 12.1 Å². The van der Waals surface area contributed by atoms with Crippen molar-refractivity contribution >= 4 is 12.0 Å². The lowest BCUT2D eigenvalue weighted by Gasteiger charge is -2.07. The van der Waals surface area contributed by atoms with Gasteiger partial charge in [-0.1, -0.05) is 30.3 Å². The quantitative estimate of drug-likeness (QED) is 0.819. The first-order valence-corrected chi connectivity index (χ1v) is 6.06. The molecule has 0 fully saturated rings. The van der Waals surface area contributed by atoms with Crippen molar-refractivity contribution in [3.05, 3.63) is 65.7 Å². The van der Waals surface area contributed by atoms with E-state index in [1.165, 1.54) is 12.1 Å².